The molecule has 1 aliphatic carbocycles. The van der Waals surface area contributed by atoms with Crippen LogP contribution in [0.5, 0.6) is 0 Å². The Bertz CT molecular complexity index is 712. The van der Waals surface area contributed by atoms with Gasteiger partial charge < -0.3 is 5.32 Å². The molecule has 3 rings (SSSR count). The van der Waals surface area contributed by atoms with Crippen LogP contribution in [0.15, 0.2) is 60.7 Å². The van der Waals surface area contributed by atoms with E-state index in [-0.39, 0.29) is 18.0 Å². The monoisotopic (exact) mass is 378 g/mol. The Kier molecular flexibility index (Phi) is 7.67. The zero-order chi connectivity index (χ0) is 19.8. The first-order valence-corrected chi connectivity index (χ1v) is 10.8. The van der Waals surface area contributed by atoms with Crippen molar-refractivity contribution in [2.24, 2.45) is 0 Å². The second-order valence-electron chi connectivity index (χ2n) is 8.09. The van der Waals surface area contributed by atoms with Gasteiger partial charge in [0.25, 0.3) is 0 Å². The van der Waals surface area contributed by atoms with Crippen LogP contribution in [-0.4, -0.2) is 22.9 Å². The normalized spacial score (nSPS) is 16.0. The van der Waals surface area contributed by atoms with Crippen LogP contribution in [0.4, 0.5) is 0 Å². The number of unbranched alkanes of at least 4 members (excludes halogenated alkanes) is 1. The number of carbonyl (C=O) groups excluding carboxylic acids is 1. The van der Waals surface area contributed by atoms with Crippen molar-refractivity contribution in [1.82, 2.24) is 10.2 Å². The molecule has 0 radical (unpaired) electrons. The number of nitrogens with zero attached hydrogens (tertiary/aromatic N) is 1. The molecule has 3 heteroatoms. The zero-order valence-electron chi connectivity index (χ0n) is 17.3. The molecular weight excluding hydrogens is 344 g/mol. The summed E-state index contributed by atoms with van der Waals surface area (Å²) in [5, 5.41) is 3.19. The van der Waals surface area contributed by atoms with Crippen molar-refractivity contribution in [3.8, 4) is 0 Å². The molecule has 28 heavy (non-hydrogen) atoms. The van der Waals surface area contributed by atoms with E-state index < -0.39 is 0 Å². The summed E-state index contributed by atoms with van der Waals surface area (Å²) in [7, 11) is 0. The Hall–Kier alpha value is -2.13. The molecule has 150 valence electrons. The molecule has 2 atom stereocenters. The van der Waals surface area contributed by atoms with E-state index in [1.54, 1.807) is 0 Å². The summed E-state index contributed by atoms with van der Waals surface area (Å²) in [6.07, 6.45) is 6.21. The predicted octanol–water partition coefficient (Wildman–Crippen LogP) is 5.48. The van der Waals surface area contributed by atoms with Gasteiger partial charge in [-0.25, -0.2) is 0 Å². The van der Waals surface area contributed by atoms with Gasteiger partial charge in [0.2, 0.25) is 5.91 Å². The molecular formula is C25H34N2O. The van der Waals surface area contributed by atoms with Crippen LogP contribution in [0, 0.1) is 0 Å². The van der Waals surface area contributed by atoms with Crippen molar-refractivity contribution in [3.63, 3.8) is 0 Å². The number of benzene rings is 2. The molecule has 2 aromatic rings. The third kappa shape index (κ3) is 6.20. The topological polar surface area (TPSA) is 32.3 Å². The standard InChI is InChI=1S/C25H34N2O/c1-3-4-15-24(18-25(28)26-23-16-17-23)27(19-21-11-7-5-8-12-21)20(2)22-13-9-6-10-14-22/h5-14,20,23-24H,3-4,15-19H2,1-2H3,(H,26,28)/t20-,24-/m0/s1. The minimum atomic E-state index is 0.210. The number of carbonyl (C=O) groups is 1. The average Bonchev–Trinajstić information content (AvgIpc) is 3.54. The fraction of sp³-hybridized carbons (Fsp3) is 0.480. The van der Waals surface area contributed by atoms with E-state index in [0.717, 1.165) is 38.6 Å². The van der Waals surface area contributed by atoms with E-state index in [0.29, 0.717) is 12.5 Å². The van der Waals surface area contributed by atoms with Crippen LogP contribution in [0.1, 0.15) is 69.5 Å². The molecule has 0 heterocycles. The third-order valence-corrected chi connectivity index (χ3v) is 5.71. The van der Waals surface area contributed by atoms with Gasteiger partial charge in [-0.2, -0.15) is 0 Å². The highest BCUT2D eigenvalue weighted by atomic mass is 16.1. The lowest BCUT2D eigenvalue weighted by atomic mass is 9.98. The lowest BCUT2D eigenvalue weighted by molar-refractivity contribution is -0.122. The van der Waals surface area contributed by atoms with Crippen LogP contribution in [0.25, 0.3) is 0 Å². The summed E-state index contributed by atoms with van der Waals surface area (Å²) in [6.45, 7) is 5.36. The summed E-state index contributed by atoms with van der Waals surface area (Å²) in [4.78, 5) is 15.2. The lowest BCUT2D eigenvalue weighted by Gasteiger charge is -2.37. The summed E-state index contributed by atoms with van der Waals surface area (Å²) in [6, 6.07) is 22.2. The molecule has 1 saturated carbocycles. The van der Waals surface area contributed by atoms with Crippen molar-refractivity contribution < 1.29 is 4.79 Å². The number of nitrogens with one attached hydrogen (secondary N) is 1. The number of hydrogen-bond acceptors (Lipinski definition) is 2. The fourth-order valence-electron chi connectivity index (χ4n) is 3.85. The largest absolute Gasteiger partial charge is 0.353 e. The Morgan fingerprint density at radius 3 is 2.32 bits per heavy atom. The highest BCUT2D eigenvalue weighted by Gasteiger charge is 2.29. The molecule has 0 aliphatic heterocycles. The highest BCUT2D eigenvalue weighted by Crippen LogP contribution is 2.29. The van der Waals surface area contributed by atoms with Crippen LogP contribution in [0.2, 0.25) is 0 Å². The van der Waals surface area contributed by atoms with Gasteiger partial charge >= 0.3 is 0 Å². The summed E-state index contributed by atoms with van der Waals surface area (Å²) in [5.41, 5.74) is 2.61. The molecule has 0 saturated heterocycles. The highest BCUT2D eigenvalue weighted by molar-refractivity contribution is 5.77. The molecule has 1 amide bonds. The van der Waals surface area contributed by atoms with Gasteiger partial charge in [0.05, 0.1) is 0 Å². The van der Waals surface area contributed by atoms with Crippen molar-refractivity contribution in [2.75, 3.05) is 0 Å². The van der Waals surface area contributed by atoms with Crippen molar-refractivity contribution >= 4 is 5.91 Å². The SMILES string of the molecule is CCCC[C@@H](CC(=O)NC1CC1)N(Cc1ccccc1)[C@@H](C)c1ccccc1. The van der Waals surface area contributed by atoms with E-state index >= 15 is 0 Å². The van der Waals surface area contributed by atoms with Gasteiger partial charge in [-0.3, -0.25) is 9.69 Å². The molecule has 1 N–H and O–H groups in total. The smallest absolute Gasteiger partial charge is 0.221 e. The first-order valence-electron chi connectivity index (χ1n) is 10.8. The van der Waals surface area contributed by atoms with Gasteiger partial charge in [0.1, 0.15) is 0 Å². The quantitative estimate of drug-likeness (QED) is 0.562. The van der Waals surface area contributed by atoms with Gasteiger partial charge in [0.15, 0.2) is 0 Å². The first-order chi connectivity index (χ1) is 13.7. The van der Waals surface area contributed by atoms with Crippen molar-refractivity contribution in [1.29, 1.82) is 0 Å². The minimum absolute atomic E-state index is 0.210. The van der Waals surface area contributed by atoms with Gasteiger partial charge in [-0.1, -0.05) is 80.4 Å². The average molecular weight is 379 g/mol. The van der Waals surface area contributed by atoms with Crippen LogP contribution >= 0.6 is 0 Å². The maximum absolute atomic E-state index is 12.6. The first kappa shape index (κ1) is 20.6. The number of rotatable bonds is 11. The second kappa shape index (κ2) is 10.4. The maximum Gasteiger partial charge on any atom is 0.221 e. The molecule has 1 fully saturated rings. The minimum Gasteiger partial charge on any atom is -0.353 e. The second-order valence-corrected chi connectivity index (χ2v) is 8.09. The Morgan fingerprint density at radius 1 is 1.07 bits per heavy atom. The zero-order valence-corrected chi connectivity index (χ0v) is 17.3. The van der Waals surface area contributed by atoms with Gasteiger partial charge in [0, 0.05) is 31.1 Å². The summed E-state index contributed by atoms with van der Waals surface area (Å²) in [5.74, 6) is 0.210. The lowest BCUT2D eigenvalue weighted by Crippen LogP contribution is -2.41. The third-order valence-electron chi connectivity index (χ3n) is 5.71. The van der Waals surface area contributed by atoms with Crippen LogP contribution in [-0.2, 0) is 11.3 Å². The molecule has 2 aromatic carbocycles. The fourth-order valence-corrected chi connectivity index (χ4v) is 3.85. The molecule has 3 nitrogen and oxygen atoms in total. The van der Waals surface area contributed by atoms with Crippen LogP contribution < -0.4 is 5.32 Å². The summed E-state index contributed by atoms with van der Waals surface area (Å²) < 4.78 is 0. The summed E-state index contributed by atoms with van der Waals surface area (Å²) >= 11 is 0. The van der Waals surface area contributed by atoms with Crippen molar-refractivity contribution in [3.05, 3.63) is 71.8 Å². The van der Waals surface area contributed by atoms with E-state index in [2.05, 4.69) is 84.7 Å². The van der Waals surface area contributed by atoms with E-state index in [9.17, 15) is 4.79 Å². The van der Waals surface area contributed by atoms with Gasteiger partial charge in [-0.15, -0.1) is 0 Å². The molecule has 1 aliphatic rings. The van der Waals surface area contributed by atoms with E-state index in [4.69, 9.17) is 0 Å². The van der Waals surface area contributed by atoms with Crippen molar-refractivity contribution in [2.45, 2.75) is 77.0 Å². The van der Waals surface area contributed by atoms with E-state index in [1.807, 2.05) is 0 Å². The Labute approximate surface area is 170 Å². The van der Waals surface area contributed by atoms with Crippen LogP contribution in [0.3, 0.4) is 0 Å². The molecule has 0 bridgehead atoms. The predicted molar refractivity (Wildman–Crippen MR) is 116 cm³/mol. The molecule has 0 unspecified atom stereocenters. The molecule has 0 spiro atoms. The van der Waals surface area contributed by atoms with E-state index in [1.165, 1.54) is 11.1 Å². The van der Waals surface area contributed by atoms with Gasteiger partial charge in [-0.05, 0) is 37.3 Å². The number of amides is 1. The Morgan fingerprint density at radius 2 is 1.71 bits per heavy atom. The molecule has 0 aromatic heterocycles. The Balaban J connectivity index is 1.81. The maximum atomic E-state index is 12.6. The number of hydrogen-bond donors (Lipinski definition) is 1.